The number of ketones is 1. The molecule has 5 heteroatoms. The Morgan fingerprint density at radius 2 is 1.65 bits per heavy atom. The highest BCUT2D eigenvalue weighted by atomic mass is 19.4. The van der Waals surface area contributed by atoms with Crippen LogP contribution in [0.3, 0.4) is 0 Å². The van der Waals surface area contributed by atoms with Gasteiger partial charge in [0.25, 0.3) is 0 Å². The highest BCUT2D eigenvalue weighted by Crippen LogP contribution is 2.54. The van der Waals surface area contributed by atoms with Gasteiger partial charge < -0.3 is 0 Å². The average molecular weight is 508 g/mol. The summed E-state index contributed by atoms with van der Waals surface area (Å²) in [5, 5.41) is 0. The van der Waals surface area contributed by atoms with E-state index in [0.717, 1.165) is 36.2 Å². The normalized spacial score (nSPS) is 29.4. The lowest BCUT2D eigenvalue weighted by Gasteiger charge is -2.36. The third-order valence-corrected chi connectivity index (χ3v) is 9.69. The first-order valence-corrected chi connectivity index (χ1v) is 14.0. The van der Waals surface area contributed by atoms with Gasteiger partial charge in [0.05, 0.1) is 5.56 Å². The second-order valence-electron chi connectivity index (χ2n) is 11.8. The summed E-state index contributed by atoms with van der Waals surface area (Å²) in [7, 11) is 0. The molecule has 0 spiro atoms. The van der Waals surface area contributed by atoms with Crippen LogP contribution in [0.2, 0.25) is 0 Å². The molecule has 37 heavy (non-hydrogen) atoms. The minimum atomic E-state index is -4.32. The minimum absolute atomic E-state index is 0.222. The van der Waals surface area contributed by atoms with Crippen LogP contribution in [0.4, 0.5) is 13.2 Å². The van der Waals surface area contributed by atoms with Gasteiger partial charge in [-0.1, -0.05) is 48.0 Å². The number of hydrogen-bond acceptors (Lipinski definition) is 2. The van der Waals surface area contributed by atoms with E-state index in [2.05, 4.69) is 35.2 Å². The molecule has 0 N–H and O–H groups in total. The minimum Gasteiger partial charge on any atom is -0.300 e. The fourth-order valence-corrected chi connectivity index (χ4v) is 7.72. The zero-order chi connectivity index (χ0) is 25.7. The van der Waals surface area contributed by atoms with Crippen molar-refractivity contribution < 1.29 is 18.0 Å². The van der Waals surface area contributed by atoms with E-state index in [4.69, 9.17) is 0 Å². The van der Waals surface area contributed by atoms with E-state index in [-0.39, 0.29) is 5.92 Å². The number of nitrogens with zero attached hydrogens (tertiary/aromatic N) is 1. The fourth-order valence-electron chi connectivity index (χ4n) is 7.72. The zero-order valence-electron chi connectivity index (χ0n) is 21.6. The van der Waals surface area contributed by atoms with Gasteiger partial charge in [0.2, 0.25) is 0 Å². The number of Topliss-reactive ketones (excluding diaryl/α,β-unsaturated/α-hetero) is 1. The van der Waals surface area contributed by atoms with Crippen molar-refractivity contribution in [2.24, 2.45) is 17.8 Å². The van der Waals surface area contributed by atoms with Crippen LogP contribution in [0.25, 0.3) is 5.57 Å². The third-order valence-electron chi connectivity index (χ3n) is 9.69. The number of carbonyl (C=O) groups excluding carboxylic acids is 1. The Hall–Kier alpha value is -2.40. The predicted octanol–water partition coefficient (Wildman–Crippen LogP) is 7.68. The van der Waals surface area contributed by atoms with E-state index >= 15 is 0 Å². The molecule has 196 valence electrons. The quantitative estimate of drug-likeness (QED) is 0.383. The summed E-state index contributed by atoms with van der Waals surface area (Å²) >= 11 is 0. The summed E-state index contributed by atoms with van der Waals surface area (Å²) in [6.45, 7) is 4.07. The van der Waals surface area contributed by atoms with Gasteiger partial charge in [-0.05, 0) is 98.0 Å². The Morgan fingerprint density at radius 3 is 2.32 bits per heavy atom. The van der Waals surface area contributed by atoms with Crippen LogP contribution < -0.4 is 0 Å². The molecule has 6 rings (SSSR count). The summed E-state index contributed by atoms with van der Waals surface area (Å²) in [5.74, 6) is 2.35. The molecule has 1 unspecified atom stereocenters. The number of halogens is 3. The molecule has 0 amide bonds. The van der Waals surface area contributed by atoms with Gasteiger partial charge in [-0.2, -0.15) is 13.2 Å². The molecule has 1 aliphatic heterocycles. The van der Waals surface area contributed by atoms with Crippen LogP contribution in [-0.2, 0) is 17.4 Å². The summed E-state index contributed by atoms with van der Waals surface area (Å²) in [4.78, 5) is 15.7. The molecule has 2 aromatic rings. The van der Waals surface area contributed by atoms with Crippen LogP contribution in [0, 0.1) is 17.8 Å². The first-order valence-electron chi connectivity index (χ1n) is 14.0. The van der Waals surface area contributed by atoms with E-state index in [1.54, 1.807) is 0 Å². The number of alkyl halides is 3. The molecule has 0 radical (unpaired) electrons. The number of likely N-dealkylation sites (tertiary alicyclic amines) is 1. The van der Waals surface area contributed by atoms with Crippen molar-refractivity contribution in [2.45, 2.75) is 76.4 Å². The maximum atomic E-state index is 13.4. The number of fused-ring (bicyclic) bond motifs is 2. The average Bonchev–Trinajstić information content (AvgIpc) is 3.22. The van der Waals surface area contributed by atoms with Crippen LogP contribution in [0.15, 0.2) is 54.1 Å². The van der Waals surface area contributed by atoms with Crippen molar-refractivity contribution in [3.05, 3.63) is 76.4 Å². The number of piperidine rings is 1. The zero-order valence-corrected chi connectivity index (χ0v) is 21.6. The highest BCUT2D eigenvalue weighted by Gasteiger charge is 2.59. The van der Waals surface area contributed by atoms with Gasteiger partial charge in [-0.15, -0.1) is 0 Å². The molecular weight excluding hydrogens is 471 g/mol. The molecule has 3 fully saturated rings. The maximum absolute atomic E-state index is 13.4. The van der Waals surface area contributed by atoms with E-state index in [9.17, 15) is 18.0 Å². The number of allylic oxidation sites excluding steroid dienone is 2. The SMILES string of the molecule is CC1=C(CCCC(=O)C2[C@H]3CN(C4CCC(c5ccccc5)CC4)C[C@@H]23)c2cccc(C(F)(F)F)c2C1. The summed E-state index contributed by atoms with van der Waals surface area (Å²) in [6, 6.07) is 16.1. The van der Waals surface area contributed by atoms with E-state index in [1.165, 1.54) is 43.4 Å². The van der Waals surface area contributed by atoms with Crippen molar-refractivity contribution in [1.82, 2.24) is 4.90 Å². The van der Waals surface area contributed by atoms with Crippen molar-refractivity contribution in [1.29, 1.82) is 0 Å². The molecule has 1 heterocycles. The molecule has 4 aliphatic rings. The Kier molecular flexibility index (Phi) is 6.55. The topological polar surface area (TPSA) is 20.3 Å². The number of hydrogen-bond donors (Lipinski definition) is 0. The highest BCUT2D eigenvalue weighted by molar-refractivity contribution is 5.85. The van der Waals surface area contributed by atoms with Crippen molar-refractivity contribution >= 4 is 11.4 Å². The lowest BCUT2D eigenvalue weighted by molar-refractivity contribution is -0.138. The van der Waals surface area contributed by atoms with Crippen molar-refractivity contribution in [3.8, 4) is 0 Å². The molecule has 2 aromatic carbocycles. The lowest BCUT2D eigenvalue weighted by Crippen LogP contribution is -2.38. The van der Waals surface area contributed by atoms with Crippen LogP contribution in [0.1, 0.15) is 80.0 Å². The van der Waals surface area contributed by atoms with Crippen LogP contribution in [0.5, 0.6) is 0 Å². The Morgan fingerprint density at radius 1 is 0.946 bits per heavy atom. The van der Waals surface area contributed by atoms with Gasteiger partial charge in [-0.3, -0.25) is 9.69 Å². The molecule has 3 atom stereocenters. The summed E-state index contributed by atoms with van der Waals surface area (Å²) in [6.07, 6.45) is 3.02. The predicted molar refractivity (Wildman–Crippen MR) is 140 cm³/mol. The largest absolute Gasteiger partial charge is 0.416 e. The second kappa shape index (κ2) is 9.72. The van der Waals surface area contributed by atoms with Crippen LogP contribution >= 0.6 is 0 Å². The molecule has 0 aromatic heterocycles. The van der Waals surface area contributed by atoms with Crippen LogP contribution in [-0.4, -0.2) is 29.8 Å². The number of rotatable bonds is 7. The summed E-state index contributed by atoms with van der Waals surface area (Å²) in [5.41, 5.74) is 4.13. The van der Waals surface area contributed by atoms with E-state index in [1.807, 2.05) is 13.0 Å². The Balaban J connectivity index is 0.965. The Bertz CT molecular complexity index is 1180. The van der Waals surface area contributed by atoms with Crippen molar-refractivity contribution in [3.63, 3.8) is 0 Å². The third kappa shape index (κ3) is 4.80. The molecule has 1 saturated heterocycles. The van der Waals surface area contributed by atoms with Gasteiger partial charge in [-0.25, -0.2) is 0 Å². The Labute approximate surface area is 217 Å². The fraction of sp³-hybridized carbons (Fsp3) is 0.531. The monoisotopic (exact) mass is 507 g/mol. The lowest BCUT2D eigenvalue weighted by atomic mass is 9.81. The summed E-state index contributed by atoms with van der Waals surface area (Å²) < 4.78 is 40.3. The van der Waals surface area contributed by atoms with Gasteiger partial charge in [0.1, 0.15) is 5.78 Å². The molecule has 2 saturated carbocycles. The molecule has 2 nitrogen and oxygen atoms in total. The molecule has 0 bridgehead atoms. The first kappa shape index (κ1) is 24.9. The maximum Gasteiger partial charge on any atom is 0.416 e. The molecule has 3 aliphatic carbocycles. The van der Waals surface area contributed by atoms with Gasteiger partial charge >= 0.3 is 6.18 Å². The number of benzene rings is 2. The van der Waals surface area contributed by atoms with E-state index < -0.39 is 11.7 Å². The molecular formula is C32H36F3NO. The smallest absolute Gasteiger partial charge is 0.300 e. The number of carbonyl (C=O) groups is 1. The second-order valence-corrected chi connectivity index (χ2v) is 11.8. The van der Waals surface area contributed by atoms with Crippen molar-refractivity contribution in [2.75, 3.05) is 13.1 Å². The first-order chi connectivity index (χ1) is 17.8. The van der Waals surface area contributed by atoms with Gasteiger partial charge in [0, 0.05) is 31.5 Å². The van der Waals surface area contributed by atoms with E-state index in [0.29, 0.717) is 54.4 Å². The van der Waals surface area contributed by atoms with Gasteiger partial charge in [0.15, 0.2) is 0 Å². The standard InChI is InChI=1S/C32H36F3NO/c1-20-17-26-25(10-5-11-29(26)32(33,34)35)24(20)9-6-12-30(37)31-27-18-36(19-28(27)31)23-15-13-22(14-16-23)21-7-3-2-4-8-21/h2-5,7-8,10-11,22-23,27-28,31H,6,9,12-19H2,1H3/t22?,23?,27-,28+,31?.